The summed E-state index contributed by atoms with van der Waals surface area (Å²) in [6.07, 6.45) is 1.38. The van der Waals surface area contributed by atoms with Gasteiger partial charge in [0.1, 0.15) is 0 Å². The van der Waals surface area contributed by atoms with Gasteiger partial charge in [0.25, 0.3) is 5.92 Å². The number of hydrogen-bond donors (Lipinski definition) is 1. The minimum atomic E-state index is -2.83. The summed E-state index contributed by atoms with van der Waals surface area (Å²) in [7, 11) is 1.89. The van der Waals surface area contributed by atoms with Crippen LogP contribution in [0.3, 0.4) is 0 Å². The fraction of sp³-hybridized carbons (Fsp3) is 0.538. The summed E-state index contributed by atoms with van der Waals surface area (Å²) >= 11 is 0. The van der Waals surface area contributed by atoms with E-state index in [9.17, 15) is 8.78 Å². The van der Waals surface area contributed by atoms with Crippen LogP contribution in [0.2, 0.25) is 0 Å². The average Bonchev–Trinajstić information content (AvgIpc) is 2.29. The van der Waals surface area contributed by atoms with Crippen LogP contribution in [-0.2, 0) is 5.92 Å². The normalized spacial score (nSPS) is 22.6. The van der Waals surface area contributed by atoms with Gasteiger partial charge in [-0.2, -0.15) is 0 Å². The van der Waals surface area contributed by atoms with E-state index in [4.69, 9.17) is 5.73 Å². The minimum Gasteiger partial charge on any atom is -0.398 e. The van der Waals surface area contributed by atoms with Crippen LogP contribution in [0.15, 0.2) is 24.3 Å². The molecule has 1 heterocycles. The van der Waals surface area contributed by atoms with Gasteiger partial charge in [-0.3, -0.25) is 0 Å². The summed E-state index contributed by atoms with van der Waals surface area (Å²) in [5.74, 6) is -3.47. The molecular formula is C13H18F2N2. The van der Waals surface area contributed by atoms with Crippen molar-refractivity contribution < 1.29 is 8.78 Å². The van der Waals surface area contributed by atoms with Gasteiger partial charge in [-0.1, -0.05) is 18.2 Å². The van der Waals surface area contributed by atoms with Crippen molar-refractivity contribution in [3.8, 4) is 0 Å². The summed E-state index contributed by atoms with van der Waals surface area (Å²) in [4.78, 5) is 1.96. The number of rotatable bonds is 2. The molecule has 0 saturated carbocycles. The Morgan fingerprint density at radius 2 is 2.06 bits per heavy atom. The first-order valence-electron chi connectivity index (χ1n) is 5.93. The molecule has 1 unspecified atom stereocenters. The third kappa shape index (κ3) is 2.41. The second-order valence-corrected chi connectivity index (χ2v) is 4.81. The number of alkyl halides is 2. The Morgan fingerprint density at radius 1 is 1.35 bits per heavy atom. The first kappa shape index (κ1) is 12.3. The number of anilines is 1. The zero-order valence-corrected chi connectivity index (χ0v) is 10.00. The van der Waals surface area contributed by atoms with E-state index in [1.54, 1.807) is 12.1 Å². The lowest BCUT2D eigenvalue weighted by atomic mass is 9.87. The highest BCUT2D eigenvalue weighted by molar-refractivity contribution is 5.49. The van der Waals surface area contributed by atoms with E-state index in [0.29, 0.717) is 13.0 Å². The van der Waals surface area contributed by atoms with Gasteiger partial charge in [0.05, 0.1) is 0 Å². The molecule has 1 aromatic carbocycles. The quantitative estimate of drug-likeness (QED) is 0.805. The number of nitrogens with zero attached hydrogens (tertiary/aromatic N) is 1. The molecule has 2 nitrogen and oxygen atoms in total. The van der Waals surface area contributed by atoms with E-state index in [-0.39, 0.29) is 11.3 Å². The van der Waals surface area contributed by atoms with Gasteiger partial charge in [0, 0.05) is 23.7 Å². The zero-order valence-electron chi connectivity index (χ0n) is 10.00. The molecule has 2 N–H and O–H groups in total. The predicted molar refractivity (Wildman–Crippen MR) is 65.0 cm³/mol. The molecule has 0 amide bonds. The molecule has 0 spiro atoms. The Balaban J connectivity index is 2.26. The average molecular weight is 240 g/mol. The van der Waals surface area contributed by atoms with Crippen LogP contribution >= 0.6 is 0 Å². The molecule has 1 aliphatic heterocycles. The number of hydrogen-bond acceptors (Lipinski definition) is 2. The maximum Gasteiger partial charge on any atom is 0.279 e. The largest absolute Gasteiger partial charge is 0.398 e. The lowest BCUT2D eigenvalue weighted by Gasteiger charge is -2.35. The number of nitrogens with two attached hydrogens (primary N) is 1. The van der Waals surface area contributed by atoms with E-state index >= 15 is 0 Å². The topological polar surface area (TPSA) is 29.3 Å². The molecule has 1 atom stereocenters. The first-order valence-corrected chi connectivity index (χ1v) is 5.93. The molecule has 0 aliphatic carbocycles. The van der Waals surface area contributed by atoms with Crippen molar-refractivity contribution >= 4 is 5.69 Å². The Morgan fingerprint density at radius 3 is 2.71 bits per heavy atom. The highest BCUT2D eigenvalue weighted by Crippen LogP contribution is 2.42. The summed E-state index contributed by atoms with van der Waals surface area (Å²) in [6, 6.07) is 6.27. The van der Waals surface area contributed by atoms with Crippen LogP contribution in [0.1, 0.15) is 18.4 Å². The third-order valence-electron chi connectivity index (χ3n) is 3.46. The molecule has 17 heavy (non-hydrogen) atoms. The number of halogens is 2. The van der Waals surface area contributed by atoms with Crippen LogP contribution in [-0.4, -0.2) is 25.0 Å². The van der Waals surface area contributed by atoms with Gasteiger partial charge in [0.15, 0.2) is 0 Å². The van der Waals surface area contributed by atoms with Crippen molar-refractivity contribution in [1.82, 2.24) is 4.90 Å². The Labute approximate surface area is 100 Å². The second-order valence-electron chi connectivity index (χ2n) is 4.81. The maximum atomic E-state index is 14.4. The predicted octanol–water partition coefficient (Wildman–Crippen LogP) is 2.70. The van der Waals surface area contributed by atoms with Crippen LogP contribution in [0.25, 0.3) is 0 Å². The molecule has 1 aliphatic rings. The molecule has 4 heteroatoms. The van der Waals surface area contributed by atoms with E-state index < -0.39 is 11.8 Å². The lowest BCUT2D eigenvalue weighted by Crippen LogP contribution is -2.40. The fourth-order valence-electron chi connectivity index (χ4n) is 2.48. The monoisotopic (exact) mass is 240 g/mol. The van der Waals surface area contributed by atoms with Crippen LogP contribution in [0, 0.1) is 5.92 Å². The van der Waals surface area contributed by atoms with E-state index in [0.717, 1.165) is 13.0 Å². The maximum absolute atomic E-state index is 14.4. The van der Waals surface area contributed by atoms with Crippen molar-refractivity contribution in [3.63, 3.8) is 0 Å². The van der Waals surface area contributed by atoms with E-state index in [1.807, 2.05) is 11.9 Å². The number of nitrogen functional groups attached to an aromatic ring is 1. The lowest BCUT2D eigenvalue weighted by molar-refractivity contribution is -0.0857. The molecule has 2 rings (SSSR count). The summed E-state index contributed by atoms with van der Waals surface area (Å²) < 4.78 is 28.7. The smallest absolute Gasteiger partial charge is 0.279 e. The van der Waals surface area contributed by atoms with Crippen molar-refractivity contribution in [3.05, 3.63) is 29.8 Å². The molecule has 0 bridgehead atoms. The summed E-state index contributed by atoms with van der Waals surface area (Å²) in [6.45, 7) is 1.33. The van der Waals surface area contributed by atoms with Gasteiger partial charge >= 0.3 is 0 Å². The fourth-order valence-corrected chi connectivity index (χ4v) is 2.48. The molecule has 1 saturated heterocycles. The Hall–Kier alpha value is -1.16. The Bertz CT molecular complexity index is 393. The number of para-hydroxylation sites is 1. The molecule has 0 aromatic heterocycles. The van der Waals surface area contributed by atoms with Crippen LogP contribution in [0.4, 0.5) is 14.5 Å². The van der Waals surface area contributed by atoms with Gasteiger partial charge in [0.2, 0.25) is 0 Å². The number of likely N-dealkylation sites (tertiary alicyclic amines) is 1. The number of benzene rings is 1. The zero-order chi connectivity index (χ0) is 12.5. The van der Waals surface area contributed by atoms with Gasteiger partial charge in [-0.25, -0.2) is 8.78 Å². The van der Waals surface area contributed by atoms with Crippen molar-refractivity contribution in [2.45, 2.75) is 18.8 Å². The SMILES string of the molecule is CN1CCCC(C(F)(F)c2ccccc2N)C1. The van der Waals surface area contributed by atoms with E-state index in [2.05, 4.69) is 0 Å². The van der Waals surface area contributed by atoms with Crippen molar-refractivity contribution in [2.24, 2.45) is 5.92 Å². The van der Waals surface area contributed by atoms with Crippen molar-refractivity contribution in [1.29, 1.82) is 0 Å². The first-order chi connectivity index (χ1) is 8.01. The van der Waals surface area contributed by atoms with Crippen molar-refractivity contribution in [2.75, 3.05) is 25.9 Å². The third-order valence-corrected chi connectivity index (χ3v) is 3.46. The molecule has 1 aromatic rings. The standard InChI is InChI=1S/C13H18F2N2/c1-17-8-4-5-10(9-17)13(14,15)11-6-2-3-7-12(11)16/h2-3,6-7,10H,4-5,8-9,16H2,1H3. The highest BCUT2D eigenvalue weighted by Gasteiger charge is 2.43. The van der Waals surface area contributed by atoms with Gasteiger partial charge in [-0.15, -0.1) is 0 Å². The van der Waals surface area contributed by atoms with Gasteiger partial charge < -0.3 is 10.6 Å². The van der Waals surface area contributed by atoms with Gasteiger partial charge in [-0.05, 0) is 32.5 Å². The van der Waals surface area contributed by atoms with Crippen LogP contribution < -0.4 is 5.73 Å². The number of piperidine rings is 1. The molecule has 0 radical (unpaired) electrons. The van der Waals surface area contributed by atoms with E-state index in [1.165, 1.54) is 12.1 Å². The second kappa shape index (κ2) is 4.61. The molecule has 1 fully saturated rings. The minimum absolute atomic E-state index is 0.0275. The summed E-state index contributed by atoms with van der Waals surface area (Å²) in [5.41, 5.74) is 5.81. The molecular weight excluding hydrogens is 222 g/mol. The van der Waals surface area contributed by atoms with Crippen LogP contribution in [0.5, 0.6) is 0 Å². The summed E-state index contributed by atoms with van der Waals surface area (Å²) in [5, 5.41) is 0. The Kier molecular flexibility index (Phi) is 3.33. The highest BCUT2D eigenvalue weighted by atomic mass is 19.3. The molecule has 94 valence electrons.